The largest absolute Gasteiger partial charge is 0.481 e. The van der Waals surface area contributed by atoms with Crippen molar-refractivity contribution in [3.63, 3.8) is 0 Å². The standard InChI is InChI=1S/C15H17BrN2O4/c1-9-8-10(2-3-11(9)16)18-7-6-12(15(18)22)17-13(19)4-5-14(20)21/h2-3,8,12H,4-7H2,1H3,(H,17,19)(H,20,21). The van der Waals surface area contributed by atoms with Crippen LogP contribution in [0.25, 0.3) is 0 Å². The zero-order valence-electron chi connectivity index (χ0n) is 12.1. The van der Waals surface area contributed by atoms with Gasteiger partial charge in [-0.25, -0.2) is 0 Å². The first kappa shape index (κ1) is 16.5. The Morgan fingerprint density at radius 3 is 2.77 bits per heavy atom. The number of nitrogens with zero attached hydrogens (tertiary/aromatic N) is 1. The number of carboxylic acid groups (broad SMARTS) is 1. The molecule has 2 N–H and O–H groups in total. The minimum absolute atomic E-state index is 0.115. The Kier molecular flexibility index (Phi) is 5.18. The van der Waals surface area contributed by atoms with Crippen LogP contribution in [0.1, 0.15) is 24.8 Å². The van der Waals surface area contributed by atoms with Crippen molar-refractivity contribution in [3.8, 4) is 0 Å². The number of hydrogen-bond acceptors (Lipinski definition) is 3. The molecule has 22 heavy (non-hydrogen) atoms. The summed E-state index contributed by atoms with van der Waals surface area (Å²) < 4.78 is 0.974. The third-order valence-corrected chi connectivity index (χ3v) is 4.45. The molecule has 7 heteroatoms. The van der Waals surface area contributed by atoms with Crippen LogP contribution in [-0.2, 0) is 14.4 Å². The summed E-state index contributed by atoms with van der Waals surface area (Å²) in [6, 6.07) is 5.07. The van der Waals surface area contributed by atoms with Gasteiger partial charge in [0.05, 0.1) is 6.42 Å². The van der Waals surface area contributed by atoms with Gasteiger partial charge in [0, 0.05) is 23.1 Å². The molecular formula is C15H17BrN2O4. The highest BCUT2D eigenvalue weighted by Gasteiger charge is 2.33. The van der Waals surface area contributed by atoms with Crippen LogP contribution < -0.4 is 10.2 Å². The SMILES string of the molecule is Cc1cc(N2CCC(NC(=O)CCC(=O)O)C2=O)ccc1Br. The van der Waals surface area contributed by atoms with Crippen LogP contribution in [0.15, 0.2) is 22.7 Å². The summed E-state index contributed by atoms with van der Waals surface area (Å²) in [6.45, 7) is 2.48. The number of anilines is 1. The van der Waals surface area contributed by atoms with Gasteiger partial charge in [-0.1, -0.05) is 15.9 Å². The van der Waals surface area contributed by atoms with Crippen molar-refractivity contribution >= 4 is 39.4 Å². The third kappa shape index (κ3) is 3.85. The second-order valence-electron chi connectivity index (χ2n) is 5.23. The Bertz CT molecular complexity index is 618. The highest BCUT2D eigenvalue weighted by Crippen LogP contribution is 2.26. The van der Waals surface area contributed by atoms with Gasteiger partial charge in [-0.05, 0) is 37.1 Å². The van der Waals surface area contributed by atoms with E-state index < -0.39 is 17.9 Å². The predicted octanol–water partition coefficient (Wildman–Crippen LogP) is 1.84. The molecule has 1 atom stereocenters. The number of aliphatic carboxylic acids is 1. The predicted molar refractivity (Wildman–Crippen MR) is 84.6 cm³/mol. The molecule has 1 aromatic rings. The number of carbonyl (C=O) groups excluding carboxylic acids is 2. The van der Waals surface area contributed by atoms with E-state index in [9.17, 15) is 14.4 Å². The number of halogens is 1. The molecule has 0 aliphatic carbocycles. The molecule has 6 nitrogen and oxygen atoms in total. The van der Waals surface area contributed by atoms with E-state index in [4.69, 9.17) is 5.11 Å². The average Bonchev–Trinajstić information content (AvgIpc) is 2.81. The normalized spacial score (nSPS) is 17.6. The lowest BCUT2D eigenvalue weighted by atomic mass is 10.2. The van der Waals surface area contributed by atoms with Crippen molar-refractivity contribution in [3.05, 3.63) is 28.2 Å². The maximum atomic E-state index is 12.4. The molecular weight excluding hydrogens is 352 g/mol. The van der Waals surface area contributed by atoms with Crippen LogP contribution in [0.3, 0.4) is 0 Å². The van der Waals surface area contributed by atoms with Crippen molar-refractivity contribution in [2.24, 2.45) is 0 Å². The molecule has 1 aromatic carbocycles. The molecule has 2 amide bonds. The van der Waals surface area contributed by atoms with Crippen LogP contribution in [0.5, 0.6) is 0 Å². The van der Waals surface area contributed by atoms with Crippen molar-refractivity contribution in [2.75, 3.05) is 11.4 Å². The van der Waals surface area contributed by atoms with Crippen LogP contribution >= 0.6 is 15.9 Å². The fourth-order valence-corrected chi connectivity index (χ4v) is 2.60. The van der Waals surface area contributed by atoms with E-state index in [2.05, 4.69) is 21.2 Å². The lowest BCUT2D eigenvalue weighted by molar-refractivity contribution is -0.139. The van der Waals surface area contributed by atoms with Gasteiger partial charge in [0.25, 0.3) is 0 Å². The Morgan fingerprint density at radius 2 is 2.14 bits per heavy atom. The minimum Gasteiger partial charge on any atom is -0.481 e. The second kappa shape index (κ2) is 6.91. The van der Waals surface area contributed by atoms with Crippen LogP contribution in [0, 0.1) is 6.92 Å². The summed E-state index contributed by atoms with van der Waals surface area (Å²) >= 11 is 3.42. The van der Waals surface area contributed by atoms with Gasteiger partial charge in [0.2, 0.25) is 11.8 Å². The number of amides is 2. The summed E-state index contributed by atoms with van der Waals surface area (Å²) in [6.07, 6.45) is 0.172. The van der Waals surface area contributed by atoms with E-state index in [0.29, 0.717) is 13.0 Å². The van der Waals surface area contributed by atoms with Crippen molar-refractivity contribution in [1.29, 1.82) is 0 Å². The Hall–Kier alpha value is -1.89. The monoisotopic (exact) mass is 368 g/mol. The fourth-order valence-electron chi connectivity index (χ4n) is 2.35. The summed E-state index contributed by atoms with van der Waals surface area (Å²) in [7, 11) is 0. The number of nitrogens with one attached hydrogen (secondary N) is 1. The third-order valence-electron chi connectivity index (χ3n) is 3.56. The molecule has 0 saturated carbocycles. The number of aryl methyl sites for hydroxylation is 1. The van der Waals surface area contributed by atoms with Gasteiger partial charge >= 0.3 is 5.97 Å². The van der Waals surface area contributed by atoms with E-state index in [0.717, 1.165) is 15.7 Å². The van der Waals surface area contributed by atoms with Crippen LogP contribution in [0.4, 0.5) is 5.69 Å². The van der Waals surface area contributed by atoms with E-state index in [1.54, 1.807) is 4.90 Å². The molecule has 0 bridgehead atoms. The Balaban J connectivity index is 1.98. The van der Waals surface area contributed by atoms with Crippen molar-refractivity contribution in [2.45, 2.75) is 32.2 Å². The molecule has 1 aliphatic rings. The lowest BCUT2D eigenvalue weighted by Gasteiger charge is -2.18. The quantitative estimate of drug-likeness (QED) is 0.829. The molecule has 118 valence electrons. The average molecular weight is 369 g/mol. The maximum absolute atomic E-state index is 12.4. The van der Waals surface area contributed by atoms with Crippen LogP contribution in [-0.4, -0.2) is 35.5 Å². The number of carbonyl (C=O) groups is 3. The van der Waals surface area contributed by atoms with Gasteiger partial charge in [-0.15, -0.1) is 0 Å². The van der Waals surface area contributed by atoms with E-state index in [1.165, 1.54) is 0 Å². The second-order valence-corrected chi connectivity index (χ2v) is 6.08. The summed E-state index contributed by atoms with van der Waals surface area (Å²) in [4.78, 5) is 36.1. The van der Waals surface area contributed by atoms with Gasteiger partial charge < -0.3 is 15.3 Å². The Labute approximate surface area is 136 Å². The van der Waals surface area contributed by atoms with Crippen molar-refractivity contribution in [1.82, 2.24) is 5.32 Å². The zero-order chi connectivity index (χ0) is 16.3. The van der Waals surface area contributed by atoms with E-state index >= 15 is 0 Å². The molecule has 0 radical (unpaired) electrons. The van der Waals surface area contributed by atoms with Gasteiger partial charge in [0.1, 0.15) is 6.04 Å². The molecule has 0 spiro atoms. The van der Waals surface area contributed by atoms with Gasteiger partial charge in [-0.3, -0.25) is 14.4 Å². The maximum Gasteiger partial charge on any atom is 0.303 e. The summed E-state index contributed by atoms with van der Waals surface area (Å²) in [5.74, 6) is -1.60. The van der Waals surface area contributed by atoms with E-state index in [1.807, 2.05) is 25.1 Å². The van der Waals surface area contributed by atoms with Gasteiger partial charge in [-0.2, -0.15) is 0 Å². The molecule has 1 heterocycles. The molecule has 1 saturated heterocycles. The first-order valence-electron chi connectivity index (χ1n) is 6.97. The number of benzene rings is 1. The Morgan fingerprint density at radius 1 is 1.41 bits per heavy atom. The first-order chi connectivity index (χ1) is 10.4. The highest BCUT2D eigenvalue weighted by molar-refractivity contribution is 9.10. The van der Waals surface area contributed by atoms with Crippen molar-refractivity contribution < 1.29 is 19.5 Å². The highest BCUT2D eigenvalue weighted by atomic mass is 79.9. The number of hydrogen-bond donors (Lipinski definition) is 2. The minimum atomic E-state index is -1.03. The fraction of sp³-hybridized carbons (Fsp3) is 0.400. The zero-order valence-corrected chi connectivity index (χ0v) is 13.7. The smallest absolute Gasteiger partial charge is 0.303 e. The molecule has 2 rings (SSSR count). The van der Waals surface area contributed by atoms with Crippen LogP contribution in [0.2, 0.25) is 0 Å². The van der Waals surface area contributed by atoms with E-state index in [-0.39, 0.29) is 18.7 Å². The molecule has 1 aliphatic heterocycles. The number of rotatable bonds is 5. The van der Waals surface area contributed by atoms with Gasteiger partial charge in [0.15, 0.2) is 0 Å². The topological polar surface area (TPSA) is 86.7 Å². The molecule has 0 aromatic heterocycles. The summed E-state index contributed by atoms with van der Waals surface area (Å²) in [5, 5.41) is 11.2. The lowest BCUT2D eigenvalue weighted by Crippen LogP contribution is -2.41. The number of carboxylic acids is 1. The first-order valence-corrected chi connectivity index (χ1v) is 7.76. The summed E-state index contributed by atoms with van der Waals surface area (Å²) in [5.41, 5.74) is 1.83. The molecule has 1 fully saturated rings. The molecule has 1 unspecified atom stereocenters.